The molecule has 0 atom stereocenters. The first-order chi connectivity index (χ1) is 10.6. The molecule has 22 heavy (non-hydrogen) atoms. The van der Waals surface area contributed by atoms with Gasteiger partial charge in [0.2, 0.25) is 5.95 Å². The van der Waals surface area contributed by atoms with Crippen molar-refractivity contribution in [1.29, 1.82) is 0 Å². The maximum atomic E-state index is 11.5. The lowest BCUT2D eigenvalue weighted by Crippen LogP contribution is -2.05. The topological polar surface area (TPSA) is 142 Å². The number of benzene rings is 1. The highest BCUT2D eigenvalue weighted by Gasteiger charge is 2.06. The van der Waals surface area contributed by atoms with Crippen molar-refractivity contribution in [2.45, 2.75) is 0 Å². The number of hydrazone groups is 1. The molecule has 2 aromatic heterocycles. The lowest BCUT2D eigenvalue weighted by atomic mass is 10.2. The summed E-state index contributed by atoms with van der Waals surface area (Å²) < 4.78 is 0. The van der Waals surface area contributed by atoms with Gasteiger partial charge in [-0.3, -0.25) is 14.9 Å². The van der Waals surface area contributed by atoms with Gasteiger partial charge in [-0.05, 0) is 0 Å². The number of rotatable bonds is 4. The summed E-state index contributed by atoms with van der Waals surface area (Å²) in [5.74, 6) is 0.237. The number of anilines is 1. The van der Waals surface area contributed by atoms with Crippen molar-refractivity contribution in [2.75, 3.05) is 5.43 Å². The Morgan fingerprint density at radius 2 is 2.27 bits per heavy atom. The molecule has 110 valence electrons. The number of nitro benzene ring substituents is 1. The Morgan fingerprint density at radius 3 is 3.05 bits per heavy atom. The van der Waals surface area contributed by atoms with Crippen LogP contribution in [0.25, 0.3) is 11.2 Å². The summed E-state index contributed by atoms with van der Waals surface area (Å²) in [6, 6.07) is 6.01. The largest absolute Gasteiger partial charge is 0.317 e. The van der Waals surface area contributed by atoms with Gasteiger partial charge >= 0.3 is 0 Å². The van der Waals surface area contributed by atoms with Crippen LogP contribution in [-0.4, -0.2) is 31.1 Å². The van der Waals surface area contributed by atoms with Gasteiger partial charge in [-0.25, -0.2) is 10.4 Å². The van der Waals surface area contributed by atoms with E-state index in [9.17, 15) is 14.9 Å². The molecule has 0 aliphatic carbocycles. The Kier molecular flexibility index (Phi) is 3.32. The average Bonchev–Trinajstić information content (AvgIpc) is 2.92. The van der Waals surface area contributed by atoms with Crippen LogP contribution < -0.4 is 11.0 Å². The summed E-state index contributed by atoms with van der Waals surface area (Å²) in [5.41, 5.74) is 3.28. The minimum Gasteiger partial charge on any atom is -0.317 e. The fraction of sp³-hybridized carbons (Fsp3) is 0. The molecule has 0 unspecified atom stereocenters. The third-order valence-electron chi connectivity index (χ3n) is 2.76. The number of aromatic nitrogens is 4. The number of hydrogen-bond donors (Lipinski definition) is 3. The minimum absolute atomic E-state index is 0.0246. The lowest BCUT2D eigenvalue weighted by Gasteiger charge is -1.95. The van der Waals surface area contributed by atoms with Crippen LogP contribution in [-0.2, 0) is 0 Å². The van der Waals surface area contributed by atoms with Gasteiger partial charge in [0.15, 0.2) is 11.2 Å². The van der Waals surface area contributed by atoms with Crippen LogP contribution in [0.3, 0.4) is 0 Å². The molecule has 0 saturated carbocycles. The van der Waals surface area contributed by atoms with Gasteiger partial charge in [0.1, 0.15) is 0 Å². The molecular weight excluding hydrogens is 290 g/mol. The maximum absolute atomic E-state index is 11.5. The molecule has 0 saturated heterocycles. The number of hydrogen-bond acceptors (Lipinski definition) is 7. The highest BCUT2D eigenvalue weighted by atomic mass is 16.6. The first-order valence-electron chi connectivity index (χ1n) is 6.10. The predicted molar refractivity (Wildman–Crippen MR) is 78.8 cm³/mol. The molecule has 0 radical (unpaired) electrons. The SMILES string of the molecule is O=c1[nH]cnc2nc(NN=Cc3cccc([N+](=O)[O-])c3)[nH]c12. The van der Waals surface area contributed by atoms with Crippen LogP contribution in [0.1, 0.15) is 5.56 Å². The zero-order valence-electron chi connectivity index (χ0n) is 11.0. The van der Waals surface area contributed by atoms with Gasteiger partial charge in [-0.1, -0.05) is 12.1 Å². The first-order valence-corrected chi connectivity index (χ1v) is 6.10. The zero-order valence-corrected chi connectivity index (χ0v) is 11.0. The van der Waals surface area contributed by atoms with Crippen LogP contribution in [0.2, 0.25) is 0 Å². The number of nitrogens with one attached hydrogen (secondary N) is 3. The number of fused-ring (bicyclic) bond motifs is 1. The minimum atomic E-state index is -0.484. The summed E-state index contributed by atoms with van der Waals surface area (Å²) in [6.07, 6.45) is 2.65. The molecule has 1 aromatic carbocycles. The van der Waals surface area contributed by atoms with Crippen LogP contribution in [0.4, 0.5) is 11.6 Å². The van der Waals surface area contributed by atoms with Gasteiger partial charge in [0.25, 0.3) is 11.2 Å². The fourth-order valence-corrected chi connectivity index (χ4v) is 1.78. The van der Waals surface area contributed by atoms with E-state index in [0.29, 0.717) is 5.56 Å². The number of non-ortho nitro benzene ring substituents is 1. The third kappa shape index (κ3) is 2.65. The average molecular weight is 299 g/mol. The molecule has 2 heterocycles. The van der Waals surface area contributed by atoms with E-state index in [1.807, 2.05) is 0 Å². The second-order valence-electron chi connectivity index (χ2n) is 4.24. The zero-order chi connectivity index (χ0) is 15.5. The van der Waals surface area contributed by atoms with Gasteiger partial charge < -0.3 is 9.97 Å². The summed E-state index contributed by atoms with van der Waals surface area (Å²) in [5, 5.41) is 14.6. The van der Waals surface area contributed by atoms with E-state index in [1.54, 1.807) is 12.1 Å². The second-order valence-corrected chi connectivity index (χ2v) is 4.24. The molecule has 0 amide bonds. The maximum Gasteiger partial charge on any atom is 0.276 e. The molecule has 0 spiro atoms. The molecule has 10 nitrogen and oxygen atoms in total. The highest BCUT2D eigenvalue weighted by molar-refractivity contribution is 5.81. The van der Waals surface area contributed by atoms with E-state index < -0.39 is 4.92 Å². The van der Waals surface area contributed by atoms with Crippen LogP contribution in [0, 0.1) is 10.1 Å². The quantitative estimate of drug-likeness (QED) is 0.372. The van der Waals surface area contributed by atoms with Crippen LogP contribution in [0.5, 0.6) is 0 Å². The van der Waals surface area contributed by atoms with Crippen molar-refractivity contribution < 1.29 is 4.92 Å². The normalized spacial score (nSPS) is 11.1. The van der Waals surface area contributed by atoms with E-state index in [1.165, 1.54) is 24.7 Å². The van der Waals surface area contributed by atoms with Crippen molar-refractivity contribution in [1.82, 2.24) is 19.9 Å². The third-order valence-corrected chi connectivity index (χ3v) is 2.76. The Morgan fingerprint density at radius 1 is 1.41 bits per heavy atom. The van der Waals surface area contributed by atoms with Crippen LogP contribution >= 0.6 is 0 Å². The second kappa shape index (κ2) is 5.44. The molecule has 10 heteroatoms. The summed E-state index contributed by atoms with van der Waals surface area (Å²) in [6.45, 7) is 0. The first kappa shape index (κ1) is 13.4. The van der Waals surface area contributed by atoms with Crippen molar-refractivity contribution >= 4 is 29.0 Å². The van der Waals surface area contributed by atoms with E-state index in [-0.39, 0.29) is 28.4 Å². The van der Waals surface area contributed by atoms with E-state index in [0.717, 1.165) is 0 Å². The van der Waals surface area contributed by atoms with Gasteiger partial charge in [0.05, 0.1) is 17.5 Å². The van der Waals surface area contributed by atoms with Gasteiger partial charge in [0, 0.05) is 17.7 Å². The molecule has 3 aromatic rings. The number of nitro groups is 1. The van der Waals surface area contributed by atoms with Crippen molar-refractivity contribution in [3.63, 3.8) is 0 Å². The molecule has 3 N–H and O–H groups in total. The van der Waals surface area contributed by atoms with E-state index in [4.69, 9.17) is 0 Å². The van der Waals surface area contributed by atoms with E-state index >= 15 is 0 Å². The molecule has 0 aliphatic rings. The highest BCUT2D eigenvalue weighted by Crippen LogP contribution is 2.12. The lowest BCUT2D eigenvalue weighted by molar-refractivity contribution is -0.384. The Hall–Kier alpha value is -3.56. The number of nitrogens with zero attached hydrogens (tertiary/aromatic N) is 4. The summed E-state index contributed by atoms with van der Waals surface area (Å²) in [4.78, 5) is 34.8. The summed E-state index contributed by atoms with van der Waals surface area (Å²) in [7, 11) is 0. The van der Waals surface area contributed by atoms with Crippen molar-refractivity contribution in [3.05, 3.63) is 56.6 Å². The molecule has 3 rings (SSSR count). The molecule has 0 aliphatic heterocycles. The van der Waals surface area contributed by atoms with Crippen molar-refractivity contribution in [3.8, 4) is 0 Å². The van der Waals surface area contributed by atoms with Gasteiger partial charge in [-0.2, -0.15) is 10.1 Å². The molecule has 0 fully saturated rings. The molecule has 0 bridgehead atoms. The smallest absolute Gasteiger partial charge is 0.276 e. The van der Waals surface area contributed by atoms with E-state index in [2.05, 4.69) is 30.5 Å². The number of imidazole rings is 1. The standard InChI is InChI=1S/C12H9N7O3/c20-11-9-10(13-6-14-11)17-12(16-9)18-15-5-7-2-1-3-8(4-7)19(21)22/h1-6H,(H3,13,14,16,17,18,20). The van der Waals surface area contributed by atoms with Gasteiger partial charge in [-0.15, -0.1) is 0 Å². The molecular formula is C12H9N7O3. The van der Waals surface area contributed by atoms with Crippen LogP contribution in [0.15, 0.2) is 40.5 Å². The monoisotopic (exact) mass is 299 g/mol. The Balaban J connectivity index is 1.78. The number of H-pyrrole nitrogens is 2. The summed E-state index contributed by atoms with van der Waals surface area (Å²) >= 11 is 0. The Labute approximate surface area is 122 Å². The van der Waals surface area contributed by atoms with Crippen molar-refractivity contribution in [2.24, 2.45) is 5.10 Å². The predicted octanol–water partition coefficient (Wildman–Crippen LogP) is 1.00. The Bertz CT molecular complexity index is 928. The fourth-order valence-electron chi connectivity index (χ4n) is 1.78. The number of aromatic amines is 2.